The molecule has 0 aromatic heterocycles. The fourth-order valence-electron chi connectivity index (χ4n) is 1.63. The summed E-state index contributed by atoms with van der Waals surface area (Å²) in [6.45, 7) is 5.04. The Morgan fingerprint density at radius 3 is 2.19 bits per heavy atom. The van der Waals surface area contributed by atoms with Gasteiger partial charge in [-0.1, -0.05) is 12.1 Å². The summed E-state index contributed by atoms with van der Waals surface area (Å²) in [6, 6.07) is 6.32. The van der Waals surface area contributed by atoms with Crippen LogP contribution in [0.3, 0.4) is 0 Å². The molecule has 21 heavy (non-hydrogen) atoms. The maximum Gasteiger partial charge on any atom is 0.308 e. The zero-order valence-electron chi connectivity index (χ0n) is 12.3. The fraction of sp³-hybridized carbons (Fsp3) is 0.400. The van der Waals surface area contributed by atoms with Gasteiger partial charge in [-0.2, -0.15) is 0 Å². The first kappa shape index (κ1) is 16.7. The molecule has 2 unspecified atom stereocenters. The number of carboxylic acids is 1. The van der Waals surface area contributed by atoms with E-state index in [1.807, 2.05) is 0 Å². The number of nitrogens with one attached hydrogen (secondary N) is 2. The Morgan fingerprint density at radius 2 is 1.71 bits per heavy atom. The molecule has 6 heteroatoms. The van der Waals surface area contributed by atoms with Gasteiger partial charge in [-0.3, -0.25) is 14.4 Å². The highest BCUT2D eigenvalue weighted by molar-refractivity contribution is 5.94. The Morgan fingerprint density at radius 1 is 1.14 bits per heavy atom. The van der Waals surface area contributed by atoms with Gasteiger partial charge in [0.1, 0.15) is 0 Å². The summed E-state index contributed by atoms with van der Waals surface area (Å²) in [7, 11) is 0. The highest BCUT2D eigenvalue weighted by Gasteiger charge is 2.21. The molecule has 0 saturated heterocycles. The minimum Gasteiger partial charge on any atom is -0.481 e. The largest absolute Gasteiger partial charge is 0.481 e. The zero-order valence-corrected chi connectivity index (χ0v) is 12.3. The molecular weight excluding hydrogens is 272 g/mol. The lowest BCUT2D eigenvalue weighted by atomic mass is 10.0. The van der Waals surface area contributed by atoms with Crippen molar-refractivity contribution in [1.29, 1.82) is 0 Å². The Balaban J connectivity index is 2.63. The molecule has 6 nitrogen and oxygen atoms in total. The molecule has 1 aromatic rings. The Bertz CT molecular complexity index is 525. The molecular formula is C15H20N2O4. The molecule has 0 bridgehead atoms. The summed E-state index contributed by atoms with van der Waals surface area (Å²) in [5.41, 5.74) is 1.33. The maximum atomic E-state index is 12.0. The molecule has 2 amide bonds. The van der Waals surface area contributed by atoms with Crippen molar-refractivity contribution in [3.8, 4) is 0 Å². The van der Waals surface area contributed by atoms with E-state index in [2.05, 4.69) is 10.6 Å². The van der Waals surface area contributed by atoms with Crippen molar-refractivity contribution in [1.82, 2.24) is 10.6 Å². The zero-order chi connectivity index (χ0) is 16.0. The minimum absolute atomic E-state index is 0.117. The molecule has 0 heterocycles. The second-order valence-electron chi connectivity index (χ2n) is 5.00. The van der Waals surface area contributed by atoms with E-state index in [0.717, 1.165) is 5.56 Å². The normalized spacial score (nSPS) is 13.1. The highest BCUT2D eigenvalue weighted by Crippen LogP contribution is 2.07. The predicted octanol–water partition coefficient (Wildman–Crippen LogP) is 1.16. The van der Waals surface area contributed by atoms with Crippen LogP contribution in [0.4, 0.5) is 0 Å². The lowest BCUT2D eigenvalue weighted by molar-refractivity contribution is -0.141. The third kappa shape index (κ3) is 5.25. The quantitative estimate of drug-likeness (QED) is 0.733. The minimum atomic E-state index is -0.951. The fourth-order valence-corrected chi connectivity index (χ4v) is 1.63. The lowest BCUT2D eigenvalue weighted by Gasteiger charge is -2.17. The van der Waals surface area contributed by atoms with E-state index in [0.29, 0.717) is 12.1 Å². The number of carbonyl (C=O) groups is 3. The van der Waals surface area contributed by atoms with Crippen LogP contribution in [0.1, 0.15) is 36.7 Å². The van der Waals surface area contributed by atoms with Gasteiger partial charge in [-0.25, -0.2) is 0 Å². The Kier molecular flexibility index (Phi) is 5.90. The second-order valence-corrected chi connectivity index (χ2v) is 5.00. The summed E-state index contributed by atoms with van der Waals surface area (Å²) in [5, 5.41) is 14.2. The van der Waals surface area contributed by atoms with Crippen LogP contribution in [0.25, 0.3) is 0 Å². The number of hydrogen-bond donors (Lipinski definition) is 3. The van der Waals surface area contributed by atoms with Crippen LogP contribution in [0.2, 0.25) is 0 Å². The van der Waals surface area contributed by atoms with Gasteiger partial charge >= 0.3 is 5.97 Å². The molecule has 3 N–H and O–H groups in total. The van der Waals surface area contributed by atoms with E-state index in [4.69, 9.17) is 5.11 Å². The molecule has 0 saturated carbocycles. The monoisotopic (exact) mass is 292 g/mol. The summed E-state index contributed by atoms with van der Waals surface area (Å²) >= 11 is 0. The van der Waals surface area contributed by atoms with Crippen molar-refractivity contribution in [2.45, 2.75) is 33.4 Å². The van der Waals surface area contributed by atoms with Crippen LogP contribution < -0.4 is 10.6 Å². The van der Waals surface area contributed by atoms with Crippen LogP contribution in [0, 0.1) is 5.92 Å². The molecule has 0 aliphatic rings. The highest BCUT2D eigenvalue weighted by atomic mass is 16.4. The van der Waals surface area contributed by atoms with E-state index in [9.17, 15) is 14.4 Å². The van der Waals surface area contributed by atoms with Crippen LogP contribution in [-0.4, -0.2) is 28.9 Å². The van der Waals surface area contributed by atoms with Crippen LogP contribution >= 0.6 is 0 Å². The van der Waals surface area contributed by atoms with E-state index < -0.39 is 17.9 Å². The van der Waals surface area contributed by atoms with Gasteiger partial charge < -0.3 is 15.7 Å². The Hall–Kier alpha value is -2.37. The molecule has 114 valence electrons. The van der Waals surface area contributed by atoms with Gasteiger partial charge in [-0.05, 0) is 31.5 Å². The number of amides is 2. The molecule has 1 aromatic carbocycles. The van der Waals surface area contributed by atoms with Gasteiger partial charge in [0.25, 0.3) is 5.91 Å². The third-order valence-electron chi connectivity index (χ3n) is 3.26. The summed E-state index contributed by atoms with van der Waals surface area (Å²) < 4.78 is 0. The molecule has 0 spiro atoms. The molecule has 0 radical (unpaired) electrons. The van der Waals surface area contributed by atoms with Gasteiger partial charge in [0, 0.05) is 25.1 Å². The Labute approximate surface area is 123 Å². The first-order valence-electron chi connectivity index (χ1n) is 6.68. The third-order valence-corrected chi connectivity index (χ3v) is 3.26. The standard InChI is InChI=1S/C15H20N2O4/c1-9(15(20)21)10(2)17-14(19)13-6-4-12(5-7-13)8-16-11(3)18/h4-7,9-10H,8H2,1-3H3,(H,16,18)(H,17,19)(H,20,21). The summed E-state index contributed by atoms with van der Waals surface area (Å²) in [4.78, 5) is 33.6. The topological polar surface area (TPSA) is 95.5 Å². The average molecular weight is 292 g/mol. The van der Waals surface area contributed by atoms with Crippen molar-refractivity contribution >= 4 is 17.8 Å². The van der Waals surface area contributed by atoms with E-state index in [1.54, 1.807) is 38.1 Å². The molecule has 0 fully saturated rings. The van der Waals surface area contributed by atoms with Gasteiger partial charge in [0.2, 0.25) is 5.91 Å². The number of rotatable bonds is 6. The molecule has 1 rings (SSSR count). The first-order valence-corrected chi connectivity index (χ1v) is 6.68. The number of carboxylic acid groups (broad SMARTS) is 1. The van der Waals surface area contributed by atoms with Crippen LogP contribution in [0.5, 0.6) is 0 Å². The lowest BCUT2D eigenvalue weighted by Crippen LogP contribution is -2.40. The molecule has 0 aliphatic heterocycles. The van der Waals surface area contributed by atoms with Crippen LogP contribution in [-0.2, 0) is 16.1 Å². The average Bonchev–Trinajstić information content (AvgIpc) is 2.44. The van der Waals surface area contributed by atoms with Gasteiger partial charge in [0.05, 0.1) is 5.92 Å². The first-order chi connectivity index (χ1) is 9.81. The number of hydrogen-bond acceptors (Lipinski definition) is 3. The SMILES string of the molecule is CC(=O)NCc1ccc(C(=O)NC(C)C(C)C(=O)O)cc1. The molecule has 0 aliphatic carbocycles. The van der Waals surface area contributed by atoms with Crippen molar-refractivity contribution in [2.24, 2.45) is 5.92 Å². The van der Waals surface area contributed by atoms with Gasteiger partial charge in [-0.15, -0.1) is 0 Å². The van der Waals surface area contributed by atoms with Gasteiger partial charge in [0.15, 0.2) is 0 Å². The number of aliphatic carboxylic acids is 1. The maximum absolute atomic E-state index is 12.0. The number of carbonyl (C=O) groups excluding carboxylic acids is 2. The summed E-state index contributed by atoms with van der Waals surface area (Å²) in [6.07, 6.45) is 0. The van der Waals surface area contributed by atoms with E-state index >= 15 is 0 Å². The van der Waals surface area contributed by atoms with E-state index in [1.165, 1.54) is 6.92 Å². The second kappa shape index (κ2) is 7.42. The number of benzene rings is 1. The summed E-state index contributed by atoms with van der Waals surface area (Å²) in [5.74, 6) is -2.04. The van der Waals surface area contributed by atoms with Crippen LogP contribution in [0.15, 0.2) is 24.3 Å². The van der Waals surface area contributed by atoms with Crippen molar-refractivity contribution < 1.29 is 19.5 Å². The predicted molar refractivity (Wildman–Crippen MR) is 77.7 cm³/mol. The molecule has 2 atom stereocenters. The van der Waals surface area contributed by atoms with Crippen molar-refractivity contribution in [3.63, 3.8) is 0 Å². The smallest absolute Gasteiger partial charge is 0.308 e. The van der Waals surface area contributed by atoms with Crippen molar-refractivity contribution in [2.75, 3.05) is 0 Å². The van der Waals surface area contributed by atoms with E-state index in [-0.39, 0.29) is 11.8 Å². The van der Waals surface area contributed by atoms with Crippen molar-refractivity contribution in [3.05, 3.63) is 35.4 Å².